The third-order valence-corrected chi connectivity index (χ3v) is 15.4. The van der Waals surface area contributed by atoms with E-state index in [9.17, 15) is 29.7 Å². The number of hydrogen-bond acceptors (Lipinski definition) is 12. The number of imide groups is 2. The highest BCUT2D eigenvalue weighted by molar-refractivity contribution is 7.14. The van der Waals surface area contributed by atoms with Crippen molar-refractivity contribution in [3.8, 4) is 12.1 Å². The van der Waals surface area contributed by atoms with Crippen molar-refractivity contribution in [2.45, 2.75) is 89.3 Å². The van der Waals surface area contributed by atoms with E-state index in [0.717, 1.165) is 118 Å². The Kier molecular flexibility index (Phi) is 8.80. The maximum atomic E-state index is 13.4. The van der Waals surface area contributed by atoms with Gasteiger partial charge in [-0.3, -0.25) is 29.0 Å². The number of carbonyl (C=O) groups is 4. The third kappa shape index (κ3) is 5.57. The molecule has 14 heteroatoms. The number of amides is 4. The molecule has 8 aliphatic rings. The summed E-state index contributed by atoms with van der Waals surface area (Å²) in [5.74, 6) is -0.617. The van der Waals surface area contributed by atoms with Crippen molar-refractivity contribution >= 4 is 69.6 Å². The summed E-state index contributed by atoms with van der Waals surface area (Å²) in [7, 11) is 2.79. The van der Waals surface area contributed by atoms with Crippen LogP contribution in [0.2, 0.25) is 0 Å². The van der Waals surface area contributed by atoms with E-state index in [1.165, 1.54) is 36.8 Å². The topological polar surface area (TPSA) is 167 Å². The molecule has 4 aliphatic heterocycles. The van der Waals surface area contributed by atoms with Crippen LogP contribution in [0.5, 0.6) is 0 Å². The van der Waals surface area contributed by atoms with Gasteiger partial charge in [-0.2, -0.15) is 10.5 Å². The van der Waals surface area contributed by atoms with Crippen molar-refractivity contribution < 1.29 is 28.7 Å². The molecular weight excluding hydrogens is 797 g/mol. The number of thiazole rings is 2. The fourth-order valence-corrected chi connectivity index (χ4v) is 12.3. The molecule has 2 atom stereocenters. The zero-order chi connectivity index (χ0) is 41.8. The lowest BCUT2D eigenvalue weighted by Gasteiger charge is -2.45. The SMILES string of the molecule is CC1=C(C#N)C(=O)N(C)C(=O)/C1=C\c1nc2c(s1)C1=CC3C=C4OC5(CCCCC5)c5nc(/C=C6/C(=O)N(C)C(=O)C(C#N)=C6C)sc5C4=CC3C=C1OC21CCCCC1. The van der Waals surface area contributed by atoms with E-state index in [1.54, 1.807) is 26.0 Å². The van der Waals surface area contributed by atoms with Gasteiger partial charge in [-0.1, -0.05) is 25.0 Å². The number of nitrogens with zero attached hydrogens (tertiary/aromatic N) is 6. The summed E-state index contributed by atoms with van der Waals surface area (Å²) in [5, 5.41) is 20.7. The molecule has 0 N–H and O–H groups in total. The van der Waals surface area contributed by atoms with Crippen LogP contribution in [0, 0.1) is 34.5 Å². The molecular formula is C46H40N6O6S2. The van der Waals surface area contributed by atoms with Crippen LogP contribution in [0.15, 0.2) is 69.3 Å². The van der Waals surface area contributed by atoms with Gasteiger partial charge in [0, 0.05) is 48.2 Å². The molecule has 6 heterocycles. The minimum Gasteiger partial charge on any atom is -0.481 e. The molecule has 4 aliphatic carbocycles. The van der Waals surface area contributed by atoms with Crippen molar-refractivity contribution in [1.29, 1.82) is 10.5 Å². The standard InChI is InChI=1S/C46H40N6O6S2/c1-23-27(41(53)51(3)43(55)31(23)21-47)19-35-49-39-37(59-35)29-15-25-18-34-30(16-26(25)17-33(29)57-45(39)11-7-5-8-12-45)38-40(46(58-34)13-9-6-10-14-46)50-36(60-38)20-28-24(2)32(22-48)44(56)52(4)42(28)54/h15-20,25-26H,5-14H2,1-4H3/b27-19-,28-20+. The minimum atomic E-state index is -0.618. The highest BCUT2D eigenvalue weighted by Crippen LogP contribution is 2.58. The second-order valence-corrected chi connectivity index (χ2v) is 18.9. The Morgan fingerprint density at radius 3 is 1.38 bits per heavy atom. The normalized spacial score (nSPS) is 26.6. The third-order valence-electron chi connectivity index (χ3n) is 13.4. The van der Waals surface area contributed by atoms with Crippen molar-refractivity contribution in [3.63, 3.8) is 0 Å². The van der Waals surface area contributed by atoms with Crippen LogP contribution in [0.4, 0.5) is 0 Å². The van der Waals surface area contributed by atoms with Crippen molar-refractivity contribution in [2.24, 2.45) is 11.8 Å². The number of rotatable bonds is 2. The summed E-state index contributed by atoms with van der Waals surface area (Å²) in [6.07, 6.45) is 21.8. The molecule has 10 rings (SSSR count). The Morgan fingerprint density at radius 1 is 0.633 bits per heavy atom. The van der Waals surface area contributed by atoms with Gasteiger partial charge in [0.25, 0.3) is 23.6 Å². The van der Waals surface area contributed by atoms with Gasteiger partial charge in [0.2, 0.25) is 0 Å². The molecule has 12 nitrogen and oxygen atoms in total. The second kappa shape index (κ2) is 13.8. The molecule has 2 unspecified atom stereocenters. The predicted molar refractivity (Wildman–Crippen MR) is 223 cm³/mol. The number of nitriles is 2. The van der Waals surface area contributed by atoms with Gasteiger partial charge < -0.3 is 9.47 Å². The largest absolute Gasteiger partial charge is 0.481 e. The number of fused-ring (bicyclic) bond motifs is 9. The first kappa shape index (κ1) is 38.3. The number of hydrogen-bond donors (Lipinski definition) is 0. The average molecular weight is 837 g/mol. The first-order valence-electron chi connectivity index (χ1n) is 20.5. The summed E-state index contributed by atoms with van der Waals surface area (Å²) in [5.41, 5.74) is 3.59. The average Bonchev–Trinajstić information content (AvgIpc) is 3.89. The Balaban J connectivity index is 1.07. The lowest BCUT2D eigenvalue weighted by molar-refractivity contribution is -0.140. The van der Waals surface area contributed by atoms with E-state index >= 15 is 0 Å². The van der Waals surface area contributed by atoms with Crippen LogP contribution < -0.4 is 0 Å². The lowest BCUT2D eigenvalue weighted by Crippen LogP contribution is -2.39. The molecule has 302 valence electrons. The fraction of sp³-hybridized carbons (Fsp3) is 0.391. The number of aromatic nitrogens is 2. The Labute approximate surface area is 354 Å². The first-order chi connectivity index (χ1) is 28.9. The molecule has 4 amide bonds. The molecule has 0 saturated heterocycles. The second-order valence-electron chi connectivity index (χ2n) is 16.8. The van der Waals surface area contributed by atoms with Gasteiger partial charge >= 0.3 is 0 Å². The summed E-state index contributed by atoms with van der Waals surface area (Å²) >= 11 is 3.01. The van der Waals surface area contributed by atoms with Gasteiger partial charge in [-0.25, -0.2) is 9.97 Å². The van der Waals surface area contributed by atoms with Crippen LogP contribution in [-0.4, -0.2) is 57.5 Å². The summed E-state index contributed by atoms with van der Waals surface area (Å²) in [4.78, 5) is 66.4. The van der Waals surface area contributed by atoms with E-state index in [0.29, 0.717) is 21.2 Å². The lowest BCUT2D eigenvalue weighted by atomic mass is 9.73. The Hall–Kier alpha value is -5.96. The van der Waals surface area contributed by atoms with Gasteiger partial charge in [0.1, 0.15) is 56.2 Å². The molecule has 0 aromatic carbocycles. The monoisotopic (exact) mass is 836 g/mol. The smallest absolute Gasteiger partial charge is 0.271 e. The summed E-state index contributed by atoms with van der Waals surface area (Å²) in [6, 6.07) is 3.96. The fourth-order valence-electron chi connectivity index (χ4n) is 10.0. The minimum absolute atomic E-state index is 0.0481. The van der Waals surface area contributed by atoms with E-state index in [1.807, 2.05) is 12.1 Å². The number of ether oxygens (including phenoxy) is 2. The number of allylic oxidation sites excluding steroid dienone is 6. The molecule has 2 aromatic heterocycles. The molecule has 0 bridgehead atoms. The number of likely N-dealkylation sites (N-methyl/N-ethyl adjacent to an activating group) is 2. The van der Waals surface area contributed by atoms with Gasteiger partial charge in [-0.15, -0.1) is 22.7 Å². The van der Waals surface area contributed by atoms with Crippen molar-refractivity contribution in [2.75, 3.05) is 14.1 Å². The van der Waals surface area contributed by atoms with Gasteiger partial charge in [-0.05, 0) is 101 Å². The highest BCUT2D eigenvalue weighted by atomic mass is 32.1. The zero-order valence-electron chi connectivity index (χ0n) is 33.6. The van der Waals surface area contributed by atoms with E-state index in [4.69, 9.17) is 19.4 Å². The maximum absolute atomic E-state index is 13.4. The Bertz CT molecular complexity index is 2560. The molecule has 0 radical (unpaired) electrons. The molecule has 2 spiro atoms. The van der Waals surface area contributed by atoms with E-state index < -0.39 is 34.8 Å². The summed E-state index contributed by atoms with van der Waals surface area (Å²) < 4.78 is 14.2. The van der Waals surface area contributed by atoms with Crippen LogP contribution in [0.1, 0.15) is 109 Å². The van der Waals surface area contributed by atoms with Gasteiger partial charge in [0.15, 0.2) is 11.2 Å². The Morgan fingerprint density at radius 2 is 1.02 bits per heavy atom. The quantitative estimate of drug-likeness (QED) is 0.214. The van der Waals surface area contributed by atoms with Crippen LogP contribution in [-0.2, 0) is 39.9 Å². The van der Waals surface area contributed by atoms with Crippen molar-refractivity contribution in [1.82, 2.24) is 19.8 Å². The maximum Gasteiger partial charge on any atom is 0.271 e. The molecule has 2 saturated carbocycles. The van der Waals surface area contributed by atoms with Crippen molar-refractivity contribution in [3.05, 3.63) is 100 Å². The predicted octanol–water partition coefficient (Wildman–Crippen LogP) is 7.92. The van der Waals surface area contributed by atoms with E-state index in [-0.39, 0.29) is 34.1 Å². The van der Waals surface area contributed by atoms with E-state index in [2.05, 4.69) is 24.3 Å². The molecule has 60 heavy (non-hydrogen) atoms. The highest BCUT2D eigenvalue weighted by Gasteiger charge is 2.50. The van der Waals surface area contributed by atoms with Gasteiger partial charge in [0.05, 0.1) is 9.75 Å². The van der Waals surface area contributed by atoms with Crippen LogP contribution >= 0.6 is 22.7 Å². The molecule has 2 aromatic rings. The van der Waals surface area contributed by atoms with Crippen LogP contribution in [0.25, 0.3) is 23.3 Å². The zero-order valence-corrected chi connectivity index (χ0v) is 35.3. The summed E-state index contributed by atoms with van der Waals surface area (Å²) in [6.45, 7) is 3.27. The first-order valence-corrected chi connectivity index (χ1v) is 22.1. The van der Waals surface area contributed by atoms with Crippen LogP contribution in [0.3, 0.4) is 0 Å². The number of carbonyl (C=O) groups excluding carboxylic acids is 4. The molecule has 2 fully saturated rings.